The molecule has 0 aliphatic heterocycles. The third-order valence-corrected chi connectivity index (χ3v) is 7.01. The van der Waals surface area contributed by atoms with Gasteiger partial charge in [0, 0.05) is 25.0 Å². The Balaban J connectivity index is 1.55. The van der Waals surface area contributed by atoms with Gasteiger partial charge in [0.05, 0.1) is 28.4 Å². The summed E-state index contributed by atoms with van der Waals surface area (Å²) in [6, 6.07) is 18.9. The van der Waals surface area contributed by atoms with Crippen molar-refractivity contribution < 1.29 is 9.53 Å². The molecule has 6 nitrogen and oxygen atoms in total. The molecule has 0 amide bonds. The molecule has 0 aliphatic rings. The fourth-order valence-electron chi connectivity index (χ4n) is 4.40. The molecule has 0 radical (unpaired) electrons. The summed E-state index contributed by atoms with van der Waals surface area (Å²) >= 11 is 1.65. The van der Waals surface area contributed by atoms with E-state index in [0.29, 0.717) is 24.8 Å². The molecule has 0 saturated carbocycles. The molecular formula is C27H32N4O2S. The molecule has 4 rings (SSSR count). The topological polar surface area (TPSA) is 59.4 Å². The summed E-state index contributed by atoms with van der Waals surface area (Å²) in [6.45, 7) is 5.01. The van der Waals surface area contributed by atoms with E-state index in [2.05, 4.69) is 78.5 Å². The molecule has 1 N–H and O–H groups in total. The molecule has 4 aromatic rings. The molecular weight excluding hydrogens is 444 g/mol. The molecule has 178 valence electrons. The second kappa shape index (κ2) is 10.8. The largest absolute Gasteiger partial charge is 0.462 e. The average Bonchev–Trinajstić information content (AvgIpc) is 3.50. The normalized spacial score (nSPS) is 13.2. The molecule has 7 heteroatoms. The van der Waals surface area contributed by atoms with Gasteiger partial charge in [-0.25, -0.2) is 9.78 Å². The molecule has 2 aromatic heterocycles. The number of carbonyl (C=O) groups is 1. The fourth-order valence-corrected chi connectivity index (χ4v) is 5.31. The lowest BCUT2D eigenvalue weighted by Gasteiger charge is -2.33. The minimum absolute atomic E-state index is 0.225. The summed E-state index contributed by atoms with van der Waals surface area (Å²) in [7, 11) is 4.30. The second-order valence-corrected chi connectivity index (χ2v) is 9.57. The van der Waals surface area contributed by atoms with Crippen molar-refractivity contribution in [2.75, 3.05) is 26.0 Å². The van der Waals surface area contributed by atoms with Crippen molar-refractivity contribution in [1.82, 2.24) is 14.5 Å². The number of hydrogen-bond donors (Lipinski definition) is 1. The van der Waals surface area contributed by atoms with Gasteiger partial charge < -0.3 is 19.5 Å². The summed E-state index contributed by atoms with van der Waals surface area (Å²) in [5.41, 5.74) is 3.84. The summed E-state index contributed by atoms with van der Waals surface area (Å²) in [6.07, 6.45) is 5.34. The standard InChI is InChI=1S/C27H32N4O2S/c1-5-23(30(3)4)25(31-14-7-8-15-31)20-12-13-22-24(17-20)34-27(29-22)28-18-19-10-9-11-21(16-19)26(32)33-6-2/h7-17,23,25H,5-6,18H2,1-4H3,(H,28,29). The number of nitrogens with zero attached hydrogens (tertiary/aromatic N) is 3. The smallest absolute Gasteiger partial charge is 0.338 e. The Labute approximate surface area is 205 Å². The highest BCUT2D eigenvalue weighted by Gasteiger charge is 2.25. The van der Waals surface area contributed by atoms with E-state index in [4.69, 9.17) is 9.72 Å². The van der Waals surface area contributed by atoms with Gasteiger partial charge in [0.2, 0.25) is 0 Å². The Morgan fingerprint density at radius 2 is 1.91 bits per heavy atom. The highest BCUT2D eigenvalue weighted by molar-refractivity contribution is 7.22. The first-order valence-corrected chi connectivity index (χ1v) is 12.5. The number of nitrogens with one attached hydrogen (secondary N) is 1. The van der Waals surface area contributed by atoms with E-state index in [1.54, 1.807) is 17.4 Å². The van der Waals surface area contributed by atoms with Crippen molar-refractivity contribution >= 4 is 32.7 Å². The number of ether oxygens (including phenoxy) is 1. The molecule has 0 bridgehead atoms. The number of aromatic nitrogens is 2. The lowest BCUT2D eigenvalue weighted by atomic mass is 9.96. The summed E-state index contributed by atoms with van der Waals surface area (Å²) in [4.78, 5) is 19.1. The van der Waals surface area contributed by atoms with E-state index < -0.39 is 0 Å². The maximum absolute atomic E-state index is 12.0. The lowest BCUT2D eigenvalue weighted by molar-refractivity contribution is 0.0526. The Hall–Kier alpha value is -3.16. The SMILES string of the molecule is CCOC(=O)c1cccc(CNc2nc3ccc(C(C(CC)N(C)C)n4cccc4)cc3s2)c1. The zero-order valence-electron chi connectivity index (χ0n) is 20.2. The minimum Gasteiger partial charge on any atom is -0.462 e. The van der Waals surface area contributed by atoms with E-state index in [0.717, 1.165) is 27.3 Å². The number of thiazole rings is 1. The van der Waals surface area contributed by atoms with Crippen LogP contribution in [0.25, 0.3) is 10.2 Å². The predicted octanol–water partition coefficient (Wildman–Crippen LogP) is 5.82. The van der Waals surface area contributed by atoms with Crippen LogP contribution in [0, 0.1) is 0 Å². The number of anilines is 1. The number of fused-ring (bicyclic) bond motifs is 1. The third-order valence-electron chi connectivity index (χ3n) is 6.03. The van der Waals surface area contributed by atoms with Crippen molar-refractivity contribution in [2.24, 2.45) is 0 Å². The zero-order valence-corrected chi connectivity index (χ0v) is 21.0. The van der Waals surface area contributed by atoms with Crippen molar-refractivity contribution in [3.05, 3.63) is 83.7 Å². The molecule has 34 heavy (non-hydrogen) atoms. The average molecular weight is 477 g/mol. The van der Waals surface area contributed by atoms with E-state index in [9.17, 15) is 4.79 Å². The maximum atomic E-state index is 12.0. The molecule has 2 unspecified atom stereocenters. The van der Waals surface area contributed by atoms with Crippen LogP contribution in [-0.2, 0) is 11.3 Å². The van der Waals surface area contributed by atoms with Crippen LogP contribution in [0.4, 0.5) is 5.13 Å². The predicted molar refractivity (Wildman–Crippen MR) is 140 cm³/mol. The zero-order chi connectivity index (χ0) is 24.1. The first-order valence-electron chi connectivity index (χ1n) is 11.7. The van der Waals surface area contributed by atoms with E-state index >= 15 is 0 Å². The molecule has 2 aromatic carbocycles. The maximum Gasteiger partial charge on any atom is 0.338 e. The van der Waals surface area contributed by atoms with Crippen LogP contribution in [0.5, 0.6) is 0 Å². The van der Waals surface area contributed by atoms with Crippen LogP contribution in [0.15, 0.2) is 67.0 Å². The quantitative estimate of drug-likeness (QED) is 0.293. The van der Waals surface area contributed by atoms with Gasteiger partial charge in [-0.05, 0) is 75.0 Å². The van der Waals surface area contributed by atoms with Crippen LogP contribution in [-0.4, -0.2) is 47.2 Å². The van der Waals surface area contributed by atoms with Gasteiger partial charge in [0.1, 0.15) is 0 Å². The van der Waals surface area contributed by atoms with Crippen LogP contribution >= 0.6 is 11.3 Å². The fraction of sp³-hybridized carbons (Fsp3) is 0.333. The lowest BCUT2D eigenvalue weighted by Crippen LogP contribution is -2.36. The van der Waals surface area contributed by atoms with Crippen LogP contribution < -0.4 is 5.32 Å². The van der Waals surface area contributed by atoms with Gasteiger partial charge in [0.25, 0.3) is 0 Å². The Morgan fingerprint density at radius 1 is 1.12 bits per heavy atom. The number of likely N-dealkylation sites (N-methyl/N-ethyl adjacent to an activating group) is 1. The highest BCUT2D eigenvalue weighted by Crippen LogP contribution is 2.33. The van der Waals surface area contributed by atoms with E-state index in [1.807, 2.05) is 25.1 Å². The van der Waals surface area contributed by atoms with Gasteiger partial charge >= 0.3 is 5.97 Å². The number of esters is 1. The second-order valence-electron chi connectivity index (χ2n) is 8.53. The van der Waals surface area contributed by atoms with Crippen molar-refractivity contribution in [2.45, 2.75) is 38.9 Å². The molecule has 2 atom stereocenters. The van der Waals surface area contributed by atoms with Crippen LogP contribution in [0.3, 0.4) is 0 Å². The van der Waals surface area contributed by atoms with Gasteiger partial charge in [-0.15, -0.1) is 0 Å². The molecule has 0 fully saturated rings. The van der Waals surface area contributed by atoms with E-state index in [-0.39, 0.29) is 12.0 Å². The molecule has 0 aliphatic carbocycles. The summed E-state index contributed by atoms with van der Waals surface area (Å²) in [5, 5.41) is 4.29. The number of benzene rings is 2. The first-order chi connectivity index (χ1) is 16.5. The molecule has 0 saturated heterocycles. The Morgan fingerprint density at radius 3 is 2.62 bits per heavy atom. The highest BCUT2D eigenvalue weighted by atomic mass is 32.1. The Kier molecular flexibility index (Phi) is 7.65. The number of rotatable bonds is 10. The summed E-state index contributed by atoms with van der Waals surface area (Å²) < 4.78 is 8.56. The van der Waals surface area contributed by atoms with Crippen molar-refractivity contribution in [3.63, 3.8) is 0 Å². The van der Waals surface area contributed by atoms with Crippen molar-refractivity contribution in [3.8, 4) is 0 Å². The third kappa shape index (κ3) is 5.32. The summed E-state index contributed by atoms with van der Waals surface area (Å²) in [5.74, 6) is -0.294. The Bertz CT molecular complexity index is 1230. The van der Waals surface area contributed by atoms with Gasteiger partial charge in [0.15, 0.2) is 5.13 Å². The minimum atomic E-state index is -0.294. The monoisotopic (exact) mass is 476 g/mol. The number of carbonyl (C=O) groups excluding carboxylic acids is 1. The first kappa shape index (κ1) is 24.0. The van der Waals surface area contributed by atoms with Crippen molar-refractivity contribution in [1.29, 1.82) is 0 Å². The van der Waals surface area contributed by atoms with Crippen LogP contribution in [0.2, 0.25) is 0 Å². The van der Waals surface area contributed by atoms with E-state index in [1.165, 1.54) is 5.56 Å². The number of hydrogen-bond acceptors (Lipinski definition) is 6. The van der Waals surface area contributed by atoms with Gasteiger partial charge in [-0.1, -0.05) is 36.5 Å². The van der Waals surface area contributed by atoms with Gasteiger partial charge in [-0.2, -0.15) is 0 Å². The molecule has 0 spiro atoms. The van der Waals surface area contributed by atoms with Crippen LogP contribution in [0.1, 0.15) is 47.8 Å². The molecule has 2 heterocycles. The van der Waals surface area contributed by atoms with Gasteiger partial charge in [-0.3, -0.25) is 0 Å².